The quantitative estimate of drug-likeness (QED) is 0.378. The smallest absolute Gasteiger partial charge is 0.189 e. The highest BCUT2D eigenvalue weighted by Gasteiger charge is 1.99. The van der Waals surface area contributed by atoms with Gasteiger partial charge >= 0.3 is 0 Å². The van der Waals surface area contributed by atoms with E-state index in [1.54, 1.807) is 19.2 Å². The molecule has 1 rings (SSSR count). The number of nitrogens with one attached hydrogen (secondary N) is 4. The van der Waals surface area contributed by atoms with Crippen molar-refractivity contribution < 1.29 is 9.13 Å². The summed E-state index contributed by atoms with van der Waals surface area (Å²) < 4.78 is 17.6. The van der Waals surface area contributed by atoms with Crippen molar-refractivity contribution in [1.82, 2.24) is 16.2 Å². The number of hydrogen-bond donors (Lipinski definition) is 4. The molecule has 0 aliphatic heterocycles. The normalized spacial score (nSPS) is 9.58. The van der Waals surface area contributed by atoms with Crippen molar-refractivity contribution >= 4 is 40.3 Å². The SMILES string of the molecule is COCCNC(=S)NNC(=S)Nc1ccc(F)cc1. The highest BCUT2D eigenvalue weighted by atomic mass is 32.1. The third-order valence-electron chi connectivity index (χ3n) is 1.98. The molecule has 0 aromatic heterocycles. The van der Waals surface area contributed by atoms with Gasteiger partial charge in [0.1, 0.15) is 5.82 Å². The second-order valence-electron chi connectivity index (χ2n) is 3.46. The third kappa shape index (κ3) is 6.85. The van der Waals surface area contributed by atoms with Crippen LogP contribution in [0, 0.1) is 5.82 Å². The zero-order valence-electron chi connectivity index (χ0n) is 10.3. The van der Waals surface area contributed by atoms with Crippen LogP contribution in [0.15, 0.2) is 24.3 Å². The van der Waals surface area contributed by atoms with E-state index in [1.807, 2.05) is 0 Å². The molecule has 0 radical (unpaired) electrons. The van der Waals surface area contributed by atoms with E-state index in [-0.39, 0.29) is 5.82 Å². The predicted octanol–water partition coefficient (Wildman–Crippen LogP) is 1.14. The van der Waals surface area contributed by atoms with Crippen molar-refractivity contribution in [2.45, 2.75) is 0 Å². The van der Waals surface area contributed by atoms with Crippen molar-refractivity contribution in [2.75, 3.05) is 25.6 Å². The van der Waals surface area contributed by atoms with Crippen LogP contribution in [0.2, 0.25) is 0 Å². The zero-order valence-corrected chi connectivity index (χ0v) is 12.0. The second-order valence-corrected chi connectivity index (χ2v) is 4.28. The Kier molecular flexibility index (Phi) is 7.01. The minimum atomic E-state index is -0.300. The van der Waals surface area contributed by atoms with Gasteiger partial charge in [-0.15, -0.1) is 0 Å². The summed E-state index contributed by atoms with van der Waals surface area (Å²) in [7, 11) is 1.61. The van der Waals surface area contributed by atoms with Crippen molar-refractivity contribution in [3.05, 3.63) is 30.1 Å². The van der Waals surface area contributed by atoms with Gasteiger partial charge in [0.25, 0.3) is 0 Å². The highest BCUT2D eigenvalue weighted by Crippen LogP contribution is 2.07. The lowest BCUT2D eigenvalue weighted by atomic mass is 10.3. The van der Waals surface area contributed by atoms with E-state index in [0.717, 1.165) is 0 Å². The summed E-state index contributed by atoms with van der Waals surface area (Å²) in [5, 5.41) is 6.50. The summed E-state index contributed by atoms with van der Waals surface area (Å²) in [6.45, 7) is 1.16. The fourth-order valence-electron chi connectivity index (χ4n) is 1.12. The monoisotopic (exact) mass is 302 g/mol. The number of halogens is 1. The molecule has 0 unspecified atom stereocenters. The van der Waals surface area contributed by atoms with E-state index < -0.39 is 0 Å². The van der Waals surface area contributed by atoms with Gasteiger partial charge in [-0.05, 0) is 48.7 Å². The van der Waals surface area contributed by atoms with Gasteiger partial charge in [0.2, 0.25) is 0 Å². The number of thiocarbonyl (C=S) groups is 2. The Bertz CT molecular complexity index is 427. The van der Waals surface area contributed by atoms with Gasteiger partial charge < -0.3 is 15.4 Å². The fourth-order valence-corrected chi connectivity index (χ4v) is 1.44. The van der Waals surface area contributed by atoms with Gasteiger partial charge in [-0.25, -0.2) is 4.39 Å². The molecule has 104 valence electrons. The lowest BCUT2D eigenvalue weighted by Gasteiger charge is -2.14. The number of rotatable bonds is 4. The summed E-state index contributed by atoms with van der Waals surface area (Å²) in [6, 6.07) is 5.85. The van der Waals surface area contributed by atoms with Crippen LogP contribution in [0.25, 0.3) is 0 Å². The molecule has 0 aliphatic rings. The predicted molar refractivity (Wildman–Crippen MR) is 81.4 cm³/mol. The first kappa shape index (κ1) is 15.5. The van der Waals surface area contributed by atoms with Crippen LogP contribution in [0.4, 0.5) is 10.1 Å². The van der Waals surface area contributed by atoms with E-state index >= 15 is 0 Å². The first-order valence-corrected chi connectivity index (χ1v) is 6.29. The largest absolute Gasteiger partial charge is 0.383 e. The average molecular weight is 302 g/mol. The average Bonchev–Trinajstić information content (AvgIpc) is 2.39. The molecule has 1 aromatic rings. The number of hydrazine groups is 1. The Morgan fingerprint density at radius 2 is 1.79 bits per heavy atom. The molecule has 0 fully saturated rings. The van der Waals surface area contributed by atoms with Gasteiger partial charge in [-0.1, -0.05) is 0 Å². The Morgan fingerprint density at radius 1 is 1.16 bits per heavy atom. The number of hydrogen-bond acceptors (Lipinski definition) is 3. The van der Waals surface area contributed by atoms with Crippen molar-refractivity contribution in [3.8, 4) is 0 Å². The van der Waals surface area contributed by atoms with Crippen LogP contribution < -0.4 is 21.5 Å². The molecule has 0 amide bonds. The molecular formula is C11H15FN4OS2. The Labute approximate surface area is 121 Å². The van der Waals surface area contributed by atoms with Gasteiger partial charge in [-0.3, -0.25) is 10.9 Å². The van der Waals surface area contributed by atoms with E-state index in [4.69, 9.17) is 29.2 Å². The van der Waals surface area contributed by atoms with E-state index in [9.17, 15) is 4.39 Å². The number of anilines is 1. The Balaban J connectivity index is 2.24. The number of benzene rings is 1. The number of methoxy groups -OCH3 is 1. The minimum Gasteiger partial charge on any atom is -0.383 e. The molecule has 0 atom stereocenters. The molecule has 1 aromatic carbocycles. The lowest BCUT2D eigenvalue weighted by molar-refractivity contribution is 0.204. The molecule has 0 bridgehead atoms. The lowest BCUT2D eigenvalue weighted by Crippen LogP contribution is -2.48. The second kappa shape index (κ2) is 8.57. The van der Waals surface area contributed by atoms with Crippen LogP contribution in [-0.4, -0.2) is 30.5 Å². The Morgan fingerprint density at radius 3 is 2.42 bits per heavy atom. The summed E-state index contributed by atoms with van der Waals surface area (Å²) in [5.41, 5.74) is 6.09. The molecule has 0 saturated carbocycles. The molecule has 5 nitrogen and oxygen atoms in total. The third-order valence-corrected chi connectivity index (χ3v) is 2.43. The maximum atomic E-state index is 12.7. The van der Waals surface area contributed by atoms with Crippen LogP contribution in [0.5, 0.6) is 0 Å². The topological polar surface area (TPSA) is 57.4 Å². The van der Waals surface area contributed by atoms with Gasteiger partial charge in [-0.2, -0.15) is 0 Å². The summed E-state index contributed by atoms with van der Waals surface area (Å²) in [6.07, 6.45) is 0. The minimum absolute atomic E-state index is 0.300. The molecule has 19 heavy (non-hydrogen) atoms. The molecule has 0 saturated heterocycles. The van der Waals surface area contributed by atoms with Crippen LogP contribution in [0.3, 0.4) is 0 Å². The summed E-state index contributed by atoms with van der Waals surface area (Å²) in [5.74, 6) is -0.300. The number of ether oxygens (including phenoxy) is 1. The molecule has 0 heterocycles. The van der Waals surface area contributed by atoms with Gasteiger partial charge in [0.15, 0.2) is 10.2 Å². The van der Waals surface area contributed by atoms with Crippen molar-refractivity contribution in [2.24, 2.45) is 0 Å². The summed E-state index contributed by atoms with van der Waals surface area (Å²) >= 11 is 10.0. The fraction of sp³-hybridized carbons (Fsp3) is 0.273. The highest BCUT2D eigenvalue weighted by molar-refractivity contribution is 7.80. The van der Waals surface area contributed by atoms with Gasteiger partial charge in [0.05, 0.1) is 6.61 Å². The molecule has 0 spiro atoms. The first-order valence-electron chi connectivity index (χ1n) is 5.47. The molecular weight excluding hydrogens is 287 g/mol. The maximum Gasteiger partial charge on any atom is 0.189 e. The van der Waals surface area contributed by atoms with E-state index in [0.29, 0.717) is 29.1 Å². The van der Waals surface area contributed by atoms with E-state index in [1.165, 1.54) is 12.1 Å². The van der Waals surface area contributed by atoms with Gasteiger partial charge in [0, 0.05) is 19.3 Å². The first-order chi connectivity index (χ1) is 9.11. The maximum absolute atomic E-state index is 12.7. The van der Waals surface area contributed by atoms with Crippen LogP contribution in [-0.2, 0) is 4.74 Å². The molecule has 0 aliphatic carbocycles. The van der Waals surface area contributed by atoms with Crippen molar-refractivity contribution in [1.29, 1.82) is 0 Å². The molecule has 8 heteroatoms. The zero-order chi connectivity index (χ0) is 14.1. The molecule has 4 N–H and O–H groups in total. The standard InChI is InChI=1S/C11H15FN4OS2/c1-17-7-6-13-10(18)15-16-11(19)14-9-4-2-8(12)3-5-9/h2-5H,6-7H2,1H3,(H2,13,15,18)(H2,14,16,19). The van der Waals surface area contributed by atoms with Crippen LogP contribution >= 0.6 is 24.4 Å². The van der Waals surface area contributed by atoms with E-state index in [2.05, 4.69) is 21.5 Å². The van der Waals surface area contributed by atoms with Crippen molar-refractivity contribution in [3.63, 3.8) is 0 Å². The summed E-state index contributed by atoms with van der Waals surface area (Å²) in [4.78, 5) is 0. The Hall–Kier alpha value is -1.51. The van der Waals surface area contributed by atoms with Crippen LogP contribution in [0.1, 0.15) is 0 Å².